The number of fused-ring (bicyclic) bond motifs is 1. The van der Waals surface area contributed by atoms with Crippen molar-refractivity contribution in [2.45, 2.75) is 47.0 Å². The Morgan fingerprint density at radius 1 is 1.29 bits per heavy atom. The maximum absolute atomic E-state index is 12.6. The average molecular weight is 401 g/mol. The minimum Gasteiger partial charge on any atom is -0.462 e. The molecule has 0 aliphatic heterocycles. The summed E-state index contributed by atoms with van der Waals surface area (Å²) in [6.07, 6.45) is 2.86. The van der Waals surface area contributed by atoms with Gasteiger partial charge in [0.15, 0.2) is 0 Å². The van der Waals surface area contributed by atoms with E-state index in [1.54, 1.807) is 6.92 Å². The third-order valence-corrected chi connectivity index (χ3v) is 6.24. The number of hydrogen-bond donors (Lipinski definition) is 2. The van der Waals surface area contributed by atoms with Gasteiger partial charge in [-0.15, -0.1) is 11.3 Å². The fourth-order valence-corrected chi connectivity index (χ4v) is 5.03. The van der Waals surface area contributed by atoms with Gasteiger partial charge in [0.25, 0.3) is 0 Å². The molecule has 0 saturated heterocycles. The highest BCUT2D eigenvalue weighted by molar-refractivity contribution is 7.17. The second kappa shape index (κ2) is 8.78. The van der Waals surface area contributed by atoms with Crippen LogP contribution in [0.25, 0.3) is 0 Å². The first-order valence-electron chi connectivity index (χ1n) is 9.81. The van der Waals surface area contributed by atoms with E-state index in [9.17, 15) is 9.59 Å². The van der Waals surface area contributed by atoms with Gasteiger partial charge < -0.3 is 15.4 Å². The van der Waals surface area contributed by atoms with Crippen LogP contribution in [0.2, 0.25) is 0 Å². The molecule has 1 aromatic heterocycles. The molecule has 28 heavy (non-hydrogen) atoms. The predicted molar refractivity (Wildman–Crippen MR) is 114 cm³/mol. The molecule has 3 rings (SSSR count). The highest BCUT2D eigenvalue weighted by Crippen LogP contribution is 2.40. The van der Waals surface area contributed by atoms with Crippen LogP contribution in [0.5, 0.6) is 0 Å². The topological polar surface area (TPSA) is 67.4 Å². The Hall–Kier alpha value is -2.34. The van der Waals surface area contributed by atoms with Crippen molar-refractivity contribution >= 4 is 33.9 Å². The fraction of sp³-hybridized carbons (Fsp3) is 0.455. The molecule has 1 aliphatic rings. The van der Waals surface area contributed by atoms with Crippen LogP contribution in [0.15, 0.2) is 18.2 Å². The van der Waals surface area contributed by atoms with E-state index in [0.29, 0.717) is 23.1 Å². The van der Waals surface area contributed by atoms with Crippen molar-refractivity contribution in [3.63, 3.8) is 0 Å². The molecule has 1 amide bonds. The van der Waals surface area contributed by atoms with E-state index in [0.717, 1.165) is 36.1 Å². The van der Waals surface area contributed by atoms with Crippen molar-refractivity contribution in [3.05, 3.63) is 45.3 Å². The lowest BCUT2D eigenvalue weighted by molar-refractivity contribution is -0.114. The molecular weight excluding hydrogens is 372 g/mol. The maximum atomic E-state index is 12.6. The molecule has 0 bridgehead atoms. The molecule has 150 valence electrons. The Kier molecular flexibility index (Phi) is 6.39. The van der Waals surface area contributed by atoms with Crippen molar-refractivity contribution in [1.82, 2.24) is 0 Å². The van der Waals surface area contributed by atoms with Gasteiger partial charge in [-0.25, -0.2) is 4.79 Å². The number of ether oxygens (including phenoxy) is 1. The van der Waals surface area contributed by atoms with Crippen molar-refractivity contribution in [1.29, 1.82) is 0 Å². The number of carbonyl (C=O) groups is 2. The Morgan fingerprint density at radius 2 is 2.07 bits per heavy atom. The first kappa shape index (κ1) is 20.4. The van der Waals surface area contributed by atoms with Gasteiger partial charge in [0.2, 0.25) is 5.91 Å². The van der Waals surface area contributed by atoms with Gasteiger partial charge in [-0.1, -0.05) is 24.6 Å². The second-order valence-electron chi connectivity index (χ2n) is 7.50. The molecule has 0 spiro atoms. The van der Waals surface area contributed by atoms with Crippen LogP contribution in [0.4, 0.5) is 10.7 Å². The second-order valence-corrected chi connectivity index (χ2v) is 8.60. The van der Waals surface area contributed by atoms with Gasteiger partial charge in [0, 0.05) is 10.6 Å². The van der Waals surface area contributed by atoms with Crippen LogP contribution in [-0.2, 0) is 22.4 Å². The largest absolute Gasteiger partial charge is 0.462 e. The van der Waals surface area contributed by atoms with Crippen LogP contribution >= 0.6 is 11.3 Å². The summed E-state index contributed by atoms with van der Waals surface area (Å²) in [4.78, 5) is 26.3. The SMILES string of the molecule is CCOC(=O)c1c(NC(=O)CNc2ccc(C)cc2C)sc2c1CC[C@@H](C)C2. The van der Waals surface area contributed by atoms with E-state index in [1.165, 1.54) is 21.8 Å². The van der Waals surface area contributed by atoms with Crippen molar-refractivity contribution < 1.29 is 14.3 Å². The molecule has 0 saturated carbocycles. The quantitative estimate of drug-likeness (QED) is 0.689. The summed E-state index contributed by atoms with van der Waals surface area (Å²) < 4.78 is 5.26. The minimum atomic E-state index is -0.341. The summed E-state index contributed by atoms with van der Waals surface area (Å²) in [5.41, 5.74) is 4.82. The molecule has 0 radical (unpaired) electrons. The number of amides is 1. The zero-order valence-corrected chi connectivity index (χ0v) is 17.8. The molecule has 2 N–H and O–H groups in total. The van der Waals surface area contributed by atoms with Crippen LogP contribution in [-0.4, -0.2) is 25.0 Å². The zero-order valence-electron chi connectivity index (χ0n) is 17.0. The van der Waals surface area contributed by atoms with Crippen LogP contribution in [0.1, 0.15) is 52.2 Å². The molecule has 1 aliphatic carbocycles. The number of carbonyl (C=O) groups excluding carboxylic acids is 2. The number of esters is 1. The lowest BCUT2D eigenvalue weighted by atomic mass is 9.88. The van der Waals surface area contributed by atoms with E-state index in [4.69, 9.17) is 4.74 Å². The number of rotatable bonds is 6. The summed E-state index contributed by atoms with van der Waals surface area (Å²) >= 11 is 1.51. The summed E-state index contributed by atoms with van der Waals surface area (Å²) in [7, 11) is 0. The third kappa shape index (κ3) is 4.55. The van der Waals surface area contributed by atoms with Gasteiger partial charge in [-0.3, -0.25) is 4.79 Å². The third-order valence-electron chi connectivity index (χ3n) is 5.07. The molecule has 2 aromatic rings. The molecule has 1 aromatic carbocycles. The highest BCUT2D eigenvalue weighted by Gasteiger charge is 2.29. The minimum absolute atomic E-state index is 0.144. The van der Waals surface area contributed by atoms with E-state index < -0.39 is 0 Å². The number of anilines is 2. The van der Waals surface area contributed by atoms with Gasteiger partial charge >= 0.3 is 5.97 Å². The highest BCUT2D eigenvalue weighted by atomic mass is 32.1. The first-order valence-corrected chi connectivity index (χ1v) is 10.6. The molecule has 0 unspecified atom stereocenters. The summed E-state index contributed by atoms with van der Waals surface area (Å²) in [6.45, 7) is 8.54. The smallest absolute Gasteiger partial charge is 0.341 e. The van der Waals surface area contributed by atoms with Crippen LogP contribution in [0, 0.1) is 19.8 Å². The van der Waals surface area contributed by atoms with E-state index in [2.05, 4.69) is 23.6 Å². The monoisotopic (exact) mass is 400 g/mol. The van der Waals surface area contributed by atoms with Crippen molar-refractivity contribution in [2.75, 3.05) is 23.8 Å². The number of nitrogens with one attached hydrogen (secondary N) is 2. The Balaban J connectivity index is 1.75. The van der Waals surface area contributed by atoms with E-state index in [-0.39, 0.29) is 18.4 Å². The fourth-order valence-electron chi connectivity index (χ4n) is 3.62. The first-order chi connectivity index (χ1) is 13.4. The molecule has 6 heteroatoms. The van der Waals surface area contributed by atoms with Gasteiger partial charge in [0.1, 0.15) is 5.00 Å². The average Bonchev–Trinajstić information content (AvgIpc) is 2.97. The molecule has 1 heterocycles. The van der Waals surface area contributed by atoms with E-state index >= 15 is 0 Å². The van der Waals surface area contributed by atoms with E-state index in [1.807, 2.05) is 26.0 Å². The summed E-state index contributed by atoms with van der Waals surface area (Å²) in [5.74, 6) is 0.0836. The standard InChI is InChI=1S/C22H28N2O3S/c1-5-27-22(26)20-16-8-6-14(3)11-18(16)28-21(20)24-19(25)12-23-17-9-7-13(2)10-15(17)4/h7,9-10,14,23H,5-6,8,11-12H2,1-4H3,(H,24,25)/t14-/m1/s1. The Morgan fingerprint density at radius 3 is 2.79 bits per heavy atom. The predicted octanol–water partition coefficient (Wildman–Crippen LogP) is 4.72. The van der Waals surface area contributed by atoms with Crippen LogP contribution < -0.4 is 10.6 Å². The van der Waals surface area contributed by atoms with Crippen molar-refractivity contribution in [2.24, 2.45) is 5.92 Å². The number of thiophene rings is 1. The normalized spacial score (nSPS) is 15.6. The lowest BCUT2D eigenvalue weighted by Crippen LogP contribution is -2.23. The molecule has 0 fully saturated rings. The number of hydrogen-bond acceptors (Lipinski definition) is 5. The maximum Gasteiger partial charge on any atom is 0.341 e. The Bertz CT molecular complexity index is 888. The molecule has 5 nitrogen and oxygen atoms in total. The zero-order chi connectivity index (χ0) is 20.3. The number of aryl methyl sites for hydroxylation is 2. The Labute approximate surface area is 170 Å². The van der Waals surface area contributed by atoms with Crippen LogP contribution in [0.3, 0.4) is 0 Å². The number of benzene rings is 1. The van der Waals surface area contributed by atoms with Crippen molar-refractivity contribution in [3.8, 4) is 0 Å². The van der Waals surface area contributed by atoms with Gasteiger partial charge in [-0.2, -0.15) is 0 Å². The van der Waals surface area contributed by atoms with Gasteiger partial charge in [-0.05, 0) is 63.1 Å². The molecule has 1 atom stereocenters. The molecular formula is C22H28N2O3S. The summed E-state index contributed by atoms with van der Waals surface area (Å²) in [5, 5.41) is 6.73. The lowest BCUT2D eigenvalue weighted by Gasteiger charge is -2.18. The summed E-state index contributed by atoms with van der Waals surface area (Å²) in [6, 6.07) is 6.07. The van der Waals surface area contributed by atoms with Gasteiger partial charge in [0.05, 0.1) is 18.7 Å².